The quantitative estimate of drug-likeness (QED) is 0.174. The monoisotopic (exact) mass is 591 g/mol. The molecule has 0 aromatic heterocycles. The average Bonchev–Trinajstić information content (AvgIpc) is 3.12. The lowest BCUT2D eigenvalue weighted by Crippen LogP contribution is -2.30. The predicted octanol–water partition coefficient (Wildman–Crippen LogP) is 12.2. The maximum absolute atomic E-state index is 2.51. The number of benzene rings is 6. The number of rotatable bonds is 6. The number of allylic oxidation sites excluding steroid dienone is 3. The number of hydrogen-bond donors (Lipinski definition) is 0. The Bertz CT molecular complexity index is 2160. The highest BCUT2D eigenvalue weighted by Gasteiger charge is 2.22. The second kappa shape index (κ2) is 12.2. The molecule has 0 N–H and O–H groups in total. The smallest absolute Gasteiger partial charge is 0.0560 e. The fraction of sp³-hybridized carbons (Fsp3) is 0.111. The van der Waals surface area contributed by atoms with Gasteiger partial charge in [-0.05, 0) is 92.6 Å². The molecule has 1 heteroatoms. The lowest BCUT2D eigenvalue weighted by atomic mass is 9.82. The lowest BCUT2D eigenvalue weighted by Gasteiger charge is -2.34. The molecular weight excluding hydrogens is 555 g/mol. The summed E-state index contributed by atoms with van der Waals surface area (Å²) in [6, 6.07) is 46.5. The van der Waals surface area contributed by atoms with E-state index in [1.165, 1.54) is 66.3 Å². The lowest BCUT2D eigenvalue weighted by molar-refractivity contribution is 0.772. The van der Waals surface area contributed by atoms with E-state index >= 15 is 0 Å². The molecule has 0 saturated heterocycles. The summed E-state index contributed by atoms with van der Waals surface area (Å²) >= 11 is 0. The summed E-state index contributed by atoms with van der Waals surface area (Å²) in [6.45, 7) is 2.35. The molecule has 2 unspecified atom stereocenters. The molecule has 0 amide bonds. The molecule has 1 nitrogen and oxygen atoms in total. The molecule has 2 atom stereocenters. The Hall–Kier alpha value is -5.40. The number of anilines is 2. The van der Waals surface area contributed by atoms with E-state index in [1.54, 1.807) is 0 Å². The highest BCUT2D eigenvalue weighted by molar-refractivity contribution is 5.97. The summed E-state index contributed by atoms with van der Waals surface area (Å²) in [5, 5.41) is 5.17. The van der Waals surface area contributed by atoms with Gasteiger partial charge in [-0.2, -0.15) is 0 Å². The molecule has 6 aromatic carbocycles. The van der Waals surface area contributed by atoms with Crippen molar-refractivity contribution in [2.24, 2.45) is 0 Å². The van der Waals surface area contributed by atoms with Gasteiger partial charge in [-0.15, -0.1) is 0 Å². The van der Waals surface area contributed by atoms with Crippen LogP contribution in [0.2, 0.25) is 0 Å². The van der Waals surface area contributed by atoms with Crippen molar-refractivity contribution in [2.75, 3.05) is 4.90 Å². The standard InChI is InChI=1S/C45H37N/c1-32-11-9-19-43-41-17-7-6-15-37(41)31-38(45(32)43)24-21-33-22-27-39(28-23-33)46(44-20-10-16-36-14-5-8-18-42(36)44)40-29-25-35(26-30-40)34-12-3-2-4-13-34/h2-10,12-29,31-32,40H,11,30H2,1H3/b24-21-. The van der Waals surface area contributed by atoms with E-state index in [4.69, 9.17) is 0 Å². The molecule has 0 radical (unpaired) electrons. The zero-order chi connectivity index (χ0) is 30.9. The van der Waals surface area contributed by atoms with Crippen molar-refractivity contribution >= 4 is 56.7 Å². The molecule has 0 saturated carbocycles. The Labute approximate surface area is 272 Å². The van der Waals surface area contributed by atoms with Gasteiger partial charge in [-0.3, -0.25) is 0 Å². The first kappa shape index (κ1) is 28.1. The minimum atomic E-state index is 0.207. The van der Waals surface area contributed by atoms with Gasteiger partial charge in [0.05, 0.1) is 6.04 Å². The van der Waals surface area contributed by atoms with Crippen LogP contribution in [-0.2, 0) is 0 Å². The van der Waals surface area contributed by atoms with E-state index in [0.29, 0.717) is 5.92 Å². The van der Waals surface area contributed by atoms with Gasteiger partial charge >= 0.3 is 0 Å². The summed E-state index contributed by atoms with van der Waals surface area (Å²) in [6.07, 6.45) is 18.3. The van der Waals surface area contributed by atoms with Crippen LogP contribution >= 0.6 is 0 Å². The Balaban J connectivity index is 1.14. The average molecular weight is 592 g/mol. The number of nitrogens with zero attached hydrogens (tertiary/aromatic N) is 1. The van der Waals surface area contributed by atoms with E-state index < -0.39 is 0 Å². The molecule has 46 heavy (non-hydrogen) atoms. The van der Waals surface area contributed by atoms with Crippen LogP contribution < -0.4 is 4.90 Å². The summed E-state index contributed by atoms with van der Waals surface area (Å²) in [5.74, 6) is 0.501. The zero-order valence-electron chi connectivity index (χ0n) is 26.2. The van der Waals surface area contributed by atoms with Crippen molar-refractivity contribution in [1.82, 2.24) is 0 Å². The van der Waals surface area contributed by atoms with Crippen molar-refractivity contribution in [3.8, 4) is 0 Å². The first-order valence-corrected chi connectivity index (χ1v) is 16.4. The summed E-state index contributed by atoms with van der Waals surface area (Å²) in [7, 11) is 0. The topological polar surface area (TPSA) is 3.24 Å². The third kappa shape index (κ3) is 5.29. The summed E-state index contributed by atoms with van der Waals surface area (Å²) in [5.41, 5.74) is 10.3. The third-order valence-electron chi connectivity index (χ3n) is 9.60. The van der Waals surface area contributed by atoms with Crippen LogP contribution in [0.4, 0.5) is 11.4 Å². The van der Waals surface area contributed by atoms with Crippen molar-refractivity contribution < 1.29 is 0 Å². The zero-order valence-corrected chi connectivity index (χ0v) is 26.2. The molecule has 6 aromatic rings. The fourth-order valence-corrected chi connectivity index (χ4v) is 7.29. The SMILES string of the molecule is CC1CC=Cc2c1c(/C=C\c1ccc(N(c3cccc4ccccc34)C3C=CC(c4ccccc4)=CC3)cc1)cc1ccccc21. The van der Waals surface area contributed by atoms with Gasteiger partial charge in [0.1, 0.15) is 0 Å². The molecule has 222 valence electrons. The van der Waals surface area contributed by atoms with Crippen LogP contribution in [0.15, 0.2) is 152 Å². The van der Waals surface area contributed by atoms with Crippen LogP contribution in [0.1, 0.15) is 53.5 Å². The van der Waals surface area contributed by atoms with Crippen LogP contribution in [0.5, 0.6) is 0 Å². The highest BCUT2D eigenvalue weighted by Crippen LogP contribution is 2.39. The van der Waals surface area contributed by atoms with Gasteiger partial charge in [0.15, 0.2) is 0 Å². The summed E-state index contributed by atoms with van der Waals surface area (Å²) < 4.78 is 0. The second-order valence-corrected chi connectivity index (χ2v) is 12.5. The second-order valence-electron chi connectivity index (χ2n) is 12.5. The van der Waals surface area contributed by atoms with Crippen LogP contribution in [0.25, 0.3) is 45.3 Å². The van der Waals surface area contributed by atoms with E-state index in [-0.39, 0.29) is 6.04 Å². The van der Waals surface area contributed by atoms with E-state index in [2.05, 4.69) is 182 Å². The van der Waals surface area contributed by atoms with Gasteiger partial charge < -0.3 is 4.90 Å². The van der Waals surface area contributed by atoms with Crippen molar-refractivity contribution in [1.29, 1.82) is 0 Å². The first-order chi connectivity index (χ1) is 22.7. The van der Waals surface area contributed by atoms with Gasteiger partial charge in [0.2, 0.25) is 0 Å². The molecule has 0 spiro atoms. The maximum Gasteiger partial charge on any atom is 0.0560 e. The number of fused-ring (bicyclic) bond motifs is 4. The third-order valence-corrected chi connectivity index (χ3v) is 9.60. The number of hydrogen-bond acceptors (Lipinski definition) is 1. The Morgan fingerprint density at radius 2 is 1.39 bits per heavy atom. The van der Waals surface area contributed by atoms with Crippen LogP contribution in [0, 0.1) is 0 Å². The molecular formula is C45H37N. The van der Waals surface area contributed by atoms with Crippen molar-refractivity contribution in [2.45, 2.75) is 31.7 Å². The van der Waals surface area contributed by atoms with Gasteiger partial charge in [-0.1, -0.05) is 153 Å². The van der Waals surface area contributed by atoms with Crippen molar-refractivity contribution in [3.05, 3.63) is 180 Å². The molecule has 0 fully saturated rings. The minimum Gasteiger partial charge on any atom is -0.334 e. The van der Waals surface area contributed by atoms with Crippen LogP contribution in [-0.4, -0.2) is 6.04 Å². The Kier molecular flexibility index (Phi) is 7.44. The van der Waals surface area contributed by atoms with Crippen LogP contribution in [0.3, 0.4) is 0 Å². The normalized spacial score (nSPS) is 17.4. The minimum absolute atomic E-state index is 0.207. The predicted molar refractivity (Wildman–Crippen MR) is 199 cm³/mol. The van der Waals surface area contributed by atoms with E-state index in [9.17, 15) is 0 Å². The molecule has 0 bridgehead atoms. The molecule has 2 aliphatic rings. The summed E-state index contributed by atoms with van der Waals surface area (Å²) in [4.78, 5) is 2.51. The molecule has 2 aliphatic carbocycles. The van der Waals surface area contributed by atoms with Gasteiger partial charge in [-0.25, -0.2) is 0 Å². The van der Waals surface area contributed by atoms with Gasteiger partial charge in [0.25, 0.3) is 0 Å². The Morgan fingerprint density at radius 1 is 0.652 bits per heavy atom. The Morgan fingerprint density at radius 3 is 2.20 bits per heavy atom. The highest BCUT2D eigenvalue weighted by atomic mass is 15.2. The first-order valence-electron chi connectivity index (χ1n) is 16.4. The largest absolute Gasteiger partial charge is 0.334 e. The van der Waals surface area contributed by atoms with E-state index in [0.717, 1.165) is 12.8 Å². The molecule has 0 heterocycles. The fourth-order valence-electron chi connectivity index (χ4n) is 7.29. The molecule has 0 aliphatic heterocycles. The van der Waals surface area contributed by atoms with Crippen molar-refractivity contribution in [3.63, 3.8) is 0 Å². The maximum atomic E-state index is 2.51. The van der Waals surface area contributed by atoms with Gasteiger partial charge in [0, 0.05) is 16.8 Å². The molecule has 8 rings (SSSR count). The van der Waals surface area contributed by atoms with E-state index in [1.807, 2.05) is 0 Å².